The summed E-state index contributed by atoms with van der Waals surface area (Å²) in [4.78, 5) is 0. The van der Waals surface area contributed by atoms with Crippen molar-refractivity contribution in [2.75, 3.05) is 0 Å². The molecular weight excluding hydrogens is 112 g/mol. The molecule has 2 bridgehead atoms. The zero-order chi connectivity index (χ0) is 6.32. The van der Waals surface area contributed by atoms with E-state index in [0.29, 0.717) is 0 Å². The van der Waals surface area contributed by atoms with Crippen LogP contribution in [0.25, 0.3) is 0 Å². The molecule has 0 saturated heterocycles. The van der Waals surface area contributed by atoms with E-state index in [4.69, 9.17) is 0 Å². The summed E-state index contributed by atoms with van der Waals surface area (Å²) in [7, 11) is 0. The zero-order valence-corrected chi connectivity index (χ0v) is 5.77. The summed E-state index contributed by atoms with van der Waals surface area (Å²) in [5.41, 5.74) is -0.205. The average molecular weight is 126 g/mol. The fourth-order valence-electron chi connectivity index (χ4n) is 2.41. The Bertz CT molecular complexity index is 118. The lowest BCUT2D eigenvalue weighted by molar-refractivity contribution is 0.0194. The minimum Gasteiger partial charge on any atom is -0.390 e. The molecule has 2 atom stereocenters. The van der Waals surface area contributed by atoms with E-state index in [1.54, 1.807) is 0 Å². The Kier molecular flexibility index (Phi) is 1.10. The number of hydrogen-bond donors (Lipinski definition) is 1. The molecule has 0 unspecified atom stereocenters. The second kappa shape index (κ2) is 1.72. The van der Waals surface area contributed by atoms with Crippen molar-refractivity contribution in [3.05, 3.63) is 0 Å². The first-order chi connectivity index (χ1) is 4.29. The third-order valence-electron chi connectivity index (χ3n) is 2.94. The molecule has 0 radical (unpaired) electrons. The van der Waals surface area contributed by atoms with Gasteiger partial charge in [-0.1, -0.05) is 12.8 Å². The molecule has 2 aliphatic carbocycles. The molecule has 0 aromatic rings. The van der Waals surface area contributed by atoms with Crippen LogP contribution >= 0.6 is 0 Å². The quantitative estimate of drug-likeness (QED) is 0.523. The SMILES string of the molecule is O[C@]12CCC[C@H](CC1)C2. The second-order valence-corrected chi connectivity index (χ2v) is 3.73. The number of fused-ring (bicyclic) bond motifs is 2. The summed E-state index contributed by atoms with van der Waals surface area (Å²) in [5.74, 6) is 0.878. The van der Waals surface area contributed by atoms with E-state index in [9.17, 15) is 5.11 Å². The van der Waals surface area contributed by atoms with Crippen molar-refractivity contribution in [3.8, 4) is 0 Å². The maximum absolute atomic E-state index is 9.72. The summed E-state index contributed by atoms with van der Waals surface area (Å²) < 4.78 is 0. The molecule has 0 spiro atoms. The molecule has 2 rings (SSSR count). The lowest BCUT2D eigenvalue weighted by atomic mass is 9.86. The van der Waals surface area contributed by atoms with Crippen molar-refractivity contribution in [1.82, 2.24) is 0 Å². The molecule has 1 N–H and O–H groups in total. The molecule has 52 valence electrons. The summed E-state index contributed by atoms with van der Waals surface area (Å²) >= 11 is 0. The van der Waals surface area contributed by atoms with E-state index in [1.807, 2.05) is 0 Å². The van der Waals surface area contributed by atoms with Crippen molar-refractivity contribution in [1.29, 1.82) is 0 Å². The van der Waals surface area contributed by atoms with Gasteiger partial charge in [-0.05, 0) is 31.6 Å². The molecule has 2 aliphatic rings. The third-order valence-corrected chi connectivity index (χ3v) is 2.94. The van der Waals surface area contributed by atoms with Gasteiger partial charge in [0, 0.05) is 0 Å². The third kappa shape index (κ3) is 0.877. The van der Waals surface area contributed by atoms with Crippen LogP contribution in [-0.4, -0.2) is 10.7 Å². The van der Waals surface area contributed by atoms with Crippen LogP contribution in [0.3, 0.4) is 0 Å². The molecule has 0 aromatic heterocycles. The lowest BCUT2D eigenvalue weighted by Crippen LogP contribution is -2.27. The molecule has 0 aliphatic heterocycles. The van der Waals surface area contributed by atoms with Crippen LogP contribution in [0.15, 0.2) is 0 Å². The second-order valence-electron chi connectivity index (χ2n) is 3.73. The highest BCUT2D eigenvalue weighted by Crippen LogP contribution is 2.44. The molecule has 0 heterocycles. The van der Waals surface area contributed by atoms with Gasteiger partial charge in [-0.25, -0.2) is 0 Å². The maximum Gasteiger partial charge on any atom is 0.0650 e. The Morgan fingerprint density at radius 1 is 1.22 bits per heavy atom. The molecule has 2 fully saturated rings. The van der Waals surface area contributed by atoms with Gasteiger partial charge in [-0.2, -0.15) is 0 Å². The average Bonchev–Trinajstić information content (AvgIpc) is 2.07. The Labute approximate surface area is 56.1 Å². The standard InChI is InChI=1S/C8H14O/c9-8-4-1-2-7(6-8)3-5-8/h7,9H,1-6H2/t7-,8-/m1/s1. The zero-order valence-electron chi connectivity index (χ0n) is 5.77. The first kappa shape index (κ1) is 5.72. The van der Waals surface area contributed by atoms with Crippen molar-refractivity contribution in [2.24, 2.45) is 5.92 Å². The van der Waals surface area contributed by atoms with Crippen LogP contribution in [0.2, 0.25) is 0 Å². The van der Waals surface area contributed by atoms with Crippen molar-refractivity contribution < 1.29 is 5.11 Å². The van der Waals surface area contributed by atoms with Gasteiger partial charge in [0.05, 0.1) is 5.60 Å². The van der Waals surface area contributed by atoms with E-state index < -0.39 is 0 Å². The van der Waals surface area contributed by atoms with Crippen LogP contribution < -0.4 is 0 Å². The van der Waals surface area contributed by atoms with E-state index in [-0.39, 0.29) is 5.60 Å². The minimum absolute atomic E-state index is 0.205. The fourth-order valence-corrected chi connectivity index (χ4v) is 2.41. The molecular formula is C8H14O. The van der Waals surface area contributed by atoms with E-state index in [0.717, 1.165) is 25.2 Å². The van der Waals surface area contributed by atoms with E-state index in [1.165, 1.54) is 19.3 Å². The molecule has 0 amide bonds. The maximum atomic E-state index is 9.72. The largest absolute Gasteiger partial charge is 0.390 e. The summed E-state index contributed by atoms with van der Waals surface area (Å²) in [5, 5.41) is 9.72. The van der Waals surface area contributed by atoms with Crippen molar-refractivity contribution in [2.45, 2.75) is 44.1 Å². The highest BCUT2D eigenvalue weighted by molar-refractivity contribution is 4.92. The molecule has 9 heavy (non-hydrogen) atoms. The number of rotatable bonds is 0. The van der Waals surface area contributed by atoms with Crippen LogP contribution in [0, 0.1) is 5.92 Å². The lowest BCUT2D eigenvalue weighted by Gasteiger charge is -2.26. The first-order valence-electron chi connectivity index (χ1n) is 4.01. The fraction of sp³-hybridized carbons (Fsp3) is 1.00. The number of hydrogen-bond acceptors (Lipinski definition) is 1. The van der Waals surface area contributed by atoms with Gasteiger partial charge >= 0.3 is 0 Å². The van der Waals surface area contributed by atoms with Gasteiger partial charge in [0.2, 0.25) is 0 Å². The van der Waals surface area contributed by atoms with Crippen LogP contribution in [-0.2, 0) is 0 Å². The van der Waals surface area contributed by atoms with Crippen molar-refractivity contribution in [3.63, 3.8) is 0 Å². The molecule has 1 nitrogen and oxygen atoms in total. The van der Waals surface area contributed by atoms with Crippen LogP contribution in [0.4, 0.5) is 0 Å². The summed E-state index contributed by atoms with van der Waals surface area (Å²) in [6, 6.07) is 0. The topological polar surface area (TPSA) is 20.2 Å². The smallest absolute Gasteiger partial charge is 0.0650 e. The van der Waals surface area contributed by atoms with Gasteiger partial charge in [-0.3, -0.25) is 0 Å². The molecule has 1 heteroatoms. The Balaban J connectivity index is 2.13. The van der Waals surface area contributed by atoms with Gasteiger partial charge in [-0.15, -0.1) is 0 Å². The van der Waals surface area contributed by atoms with Crippen LogP contribution in [0.5, 0.6) is 0 Å². The van der Waals surface area contributed by atoms with Gasteiger partial charge in [0.25, 0.3) is 0 Å². The predicted octanol–water partition coefficient (Wildman–Crippen LogP) is 1.70. The normalized spacial score (nSPS) is 49.7. The summed E-state index contributed by atoms with van der Waals surface area (Å²) in [6.45, 7) is 0. The van der Waals surface area contributed by atoms with Gasteiger partial charge < -0.3 is 5.11 Å². The summed E-state index contributed by atoms with van der Waals surface area (Å²) in [6.07, 6.45) is 7.19. The van der Waals surface area contributed by atoms with Gasteiger partial charge in [0.15, 0.2) is 0 Å². The van der Waals surface area contributed by atoms with Crippen LogP contribution in [0.1, 0.15) is 38.5 Å². The highest BCUT2D eigenvalue weighted by atomic mass is 16.3. The minimum atomic E-state index is -0.205. The monoisotopic (exact) mass is 126 g/mol. The molecule has 2 saturated carbocycles. The van der Waals surface area contributed by atoms with E-state index >= 15 is 0 Å². The highest BCUT2D eigenvalue weighted by Gasteiger charge is 2.39. The molecule has 0 aromatic carbocycles. The Morgan fingerprint density at radius 3 is 2.78 bits per heavy atom. The Hall–Kier alpha value is -0.0400. The Morgan fingerprint density at radius 2 is 2.11 bits per heavy atom. The number of aliphatic hydroxyl groups is 1. The van der Waals surface area contributed by atoms with Gasteiger partial charge in [0.1, 0.15) is 0 Å². The van der Waals surface area contributed by atoms with Crippen molar-refractivity contribution >= 4 is 0 Å². The predicted molar refractivity (Wildman–Crippen MR) is 36.1 cm³/mol. The van der Waals surface area contributed by atoms with E-state index in [2.05, 4.69) is 0 Å². The first-order valence-corrected chi connectivity index (χ1v) is 4.01.